The predicted octanol–water partition coefficient (Wildman–Crippen LogP) is 2.03. The van der Waals surface area contributed by atoms with Crippen molar-refractivity contribution in [3.8, 4) is 5.75 Å². The highest BCUT2D eigenvalue weighted by Crippen LogP contribution is 2.12. The third kappa shape index (κ3) is 5.53. The number of nitrogens with zero attached hydrogens (tertiary/aromatic N) is 2. The Morgan fingerprint density at radius 1 is 1.25 bits per heavy atom. The molecule has 0 spiro atoms. The number of hydrogen-bond acceptors (Lipinski definition) is 5. The maximum Gasteiger partial charge on any atom is 0.257 e. The number of benzene rings is 1. The molecule has 0 radical (unpaired) electrons. The molecule has 7 nitrogen and oxygen atoms in total. The standard InChI is InChI=1S/C21H27N3O4/c1-3-4-10-23(2)11-12-24-14-17(19(26)20(27)18(24)15-25)21(28)22-13-16-8-6-5-7-9-16/h5-9,14-15,27H,3-4,10-13H2,1-2H3,(H,22,28). The fourth-order valence-corrected chi connectivity index (χ4v) is 2.83. The van der Waals surface area contributed by atoms with Crippen LogP contribution in [0.5, 0.6) is 5.75 Å². The summed E-state index contributed by atoms with van der Waals surface area (Å²) in [5.74, 6) is -1.28. The summed E-state index contributed by atoms with van der Waals surface area (Å²) in [7, 11) is 1.96. The zero-order chi connectivity index (χ0) is 20.5. The van der Waals surface area contributed by atoms with E-state index in [4.69, 9.17) is 0 Å². The molecule has 7 heteroatoms. The number of rotatable bonds is 10. The molecule has 0 saturated carbocycles. The van der Waals surface area contributed by atoms with Crippen LogP contribution in [0.25, 0.3) is 0 Å². The summed E-state index contributed by atoms with van der Waals surface area (Å²) in [6.45, 7) is 4.27. The molecule has 1 heterocycles. The average Bonchev–Trinajstić information content (AvgIpc) is 2.71. The van der Waals surface area contributed by atoms with E-state index in [-0.39, 0.29) is 17.8 Å². The largest absolute Gasteiger partial charge is 0.503 e. The summed E-state index contributed by atoms with van der Waals surface area (Å²) in [6, 6.07) is 9.30. The Kier molecular flexibility index (Phi) is 7.95. The van der Waals surface area contributed by atoms with E-state index in [1.165, 1.54) is 10.8 Å². The number of amides is 1. The van der Waals surface area contributed by atoms with Gasteiger partial charge < -0.3 is 19.9 Å². The zero-order valence-corrected chi connectivity index (χ0v) is 16.4. The topological polar surface area (TPSA) is 91.6 Å². The number of aromatic nitrogens is 1. The Labute approximate surface area is 164 Å². The maximum absolute atomic E-state index is 12.5. The minimum absolute atomic E-state index is 0.117. The van der Waals surface area contributed by atoms with Gasteiger partial charge in [-0.2, -0.15) is 0 Å². The Morgan fingerprint density at radius 3 is 2.61 bits per heavy atom. The lowest BCUT2D eigenvalue weighted by atomic mass is 10.2. The quantitative estimate of drug-likeness (QED) is 0.611. The van der Waals surface area contributed by atoms with Crippen LogP contribution in [0.4, 0.5) is 0 Å². The van der Waals surface area contributed by atoms with Gasteiger partial charge in [0.15, 0.2) is 12.0 Å². The second-order valence-corrected chi connectivity index (χ2v) is 6.74. The second-order valence-electron chi connectivity index (χ2n) is 6.74. The first kappa shape index (κ1) is 21.4. The van der Waals surface area contributed by atoms with Crippen LogP contribution in [-0.2, 0) is 13.1 Å². The van der Waals surface area contributed by atoms with Crippen LogP contribution in [0, 0.1) is 0 Å². The lowest BCUT2D eigenvalue weighted by molar-refractivity contribution is 0.0947. The number of nitrogens with one attached hydrogen (secondary N) is 1. The van der Waals surface area contributed by atoms with E-state index in [1.54, 1.807) is 0 Å². The smallest absolute Gasteiger partial charge is 0.257 e. The first-order valence-electron chi connectivity index (χ1n) is 9.40. The van der Waals surface area contributed by atoms with Crippen molar-refractivity contribution in [1.29, 1.82) is 0 Å². The van der Waals surface area contributed by atoms with E-state index in [1.807, 2.05) is 37.4 Å². The van der Waals surface area contributed by atoms with Crippen LogP contribution in [0.15, 0.2) is 41.3 Å². The van der Waals surface area contributed by atoms with E-state index >= 15 is 0 Å². The minimum atomic E-state index is -0.844. The first-order chi connectivity index (χ1) is 13.5. The van der Waals surface area contributed by atoms with Crippen molar-refractivity contribution in [3.63, 3.8) is 0 Å². The molecule has 0 saturated heterocycles. The van der Waals surface area contributed by atoms with Crippen LogP contribution in [0.1, 0.15) is 46.2 Å². The third-order valence-corrected chi connectivity index (χ3v) is 4.56. The fourth-order valence-electron chi connectivity index (χ4n) is 2.83. The van der Waals surface area contributed by atoms with E-state index < -0.39 is 17.1 Å². The Hall–Kier alpha value is -2.93. The van der Waals surface area contributed by atoms with Crippen LogP contribution in [0.2, 0.25) is 0 Å². The number of aldehydes is 1. The van der Waals surface area contributed by atoms with Gasteiger partial charge in [0.05, 0.1) is 0 Å². The number of carbonyl (C=O) groups excluding carboxylic acids is 2. The lowest BCUT2D eigenvalue weighted by Crippen LogP contribution is -2.31. The van der Waals surface area contributed by atoms with Gasteiger partial charge in [0, 0.05) is 25.8 Å². The van der Waals surface area contributed by atoms with Gasteiger partial charge in [-0.1, -0.05) is 43.7 Å². The van der Waals surface area contributed by atoms with Crippen molar-refractivity contribution >= 4 is 12.2 Å². The molecule has 2 aromatic rings. The second kappa shape index (κ2) is 10.4. The average molecular weight is 385 g/mol. The monoisotopic (exact) mass is 385 g/mol. The lowest BCUT2D eigenvalue weighted by Gasteiger charge is -2.19. The SMILES string of the molecule is CCCCN(C)CCn1cc(C(=O)NCc2ccccc2)c(=O)c(O)c1C=O. The van der Waals surface area contributed by atoms with E-state index in [2.05, 4.69) is 17.1 Å². The summed E-state index contributed by atoms with van der Waals surface area (Å²) in [4.78, 5) is 38.3. The molecule has 0 aliphatic carbocycles. The molecule has 1 amide bonds. The zero-order valence-electron chi connectivity index (χ0n) is 16.4. The Bertz CT molecular complexity index is 862. The molecule has 2 N–H and O–H groups in total. The van der Waals surface area contributed by atoms with Gasteiger partial charge in [0.1, 0.15) is 11.3 Å². The number of carbonyl (C=O) groups is 2. The van der Waals surface area contributed by atoms with Gasteiger partial charge in [-0.25, -0.2) is 0 Å². The van der Waals surface area contributed by atoms with Crippen LogP contribution in [-0.4, -0.2) is 46.9 Å². The molecule has 28 heavy (non-hydrogen) atoms. The Morgan fingerprint density at radius 2 is 1.96 bits per heavy atom. The van der Waals surface area contributed by atoms with Crippen molar-refractivity contribution in [3.05, 3.63) is 63.6 Å². The predicted molar refractivity (Wildman–Crippen MR) is 108 cm³/mol. The molecule has 0 fully saturated rings. The van der Waals surface area contributed by atoms with Crippen LogP contribution in [0.3, 0.4) is 0 Å². The van der Waals surface area contributed by atoms with E-state index in [0.29, 0.717) is 19.4 Å². The number of likely N-dealkylation sites (N-methyl/N-ethyl adjacent to an activating group) is 1. The van der Waals surface area contributed by atoms with Crippen molar-refractivity contribution in [2.75, 3.05) is 20.1 Å². The summed E-state index contributed by atoms with van der Waals surface area (Å²) in [5, 5.41) is 12.8. The molecule has 1 aromatic heterocycles. The van der Waals surface area contributed by atoms with Gasteiger partial charge in [0.2, 0.25) is 5.43 Å². The fraction of sp³-hybridized carbons (Fsp3) is 0.381. The van der Waals surface area contributed by atoms with Gasteiger partial charge in [-0.05, 0) is 25.6 Å². The number of unbranched alkanes of at least 4 members (excludes halogenated alkanes) is 1. The maximum atomic E-state index is 12.5. The van der Waals surface area contributed by atoms with Gasteiger partial charge >= 0.3 is 0 Å². The van der Waals surface area contributed by atoms with Gasteiger partial charge in [-0.15, -0.1) is 0 Å². The summed E-state index contributed by atoms with van der Waals surface area (Å²) < 4.78 is 1.46. The molecule has 0 bridgehead atoms. The molecule has 2 rings (SSSR count). The molecule has 150 valence electrons. The minimum Gasteiger partial charge on any atom is -0.503 e. The molecule has 0 aliphatic rings. The number of pyridine rings is 1. The van der Waals surface area contributed by atoms with E-state index in [0.717, 1.165) is 24.9 Å². The number of hydrogen-bond donors (Lipinski definition) is 2. The van der Waals surface area contributed by atoms with Crippen molar-refractivity contribution in [1.82, 2.24) is 14.8 Å². The molecule has 0 atom stereocenters. The van der Waals surface area contributed by atoms with Crippen molar-refractivity contribution < 1.29 is 14.7 Å². The summed E-state index contributed by atoms with van der Waals surface area (Å²) in [5.41, 5.74) is -0.255. The van der Waals surface area contributed by atoms with Crippen molar-refractivity contribution in [2.24, 2.45) is 0 Å². The normalized spacial score (nSPS) is 10.8. The Balaban J connectivity index is 2.19. The van der Waals surface area contributed by atoms with Crippen LogP contribution >= 0.6 is 0 Å². The van der Waals surface area contributed by atoms with Gasteiger partial charge in [-0.3, -0.25) is 14.4 Å². The first-order valence-corrected chi connectivity index (χ1v) is 9.40. The summed E-state index contributed by atoms with van der Waals surface area (Å²) >= 11 is 0. The van der Waals surface area contributed by atoms with E-state index in [9.17, 15) is 19.5 Å². The molecule has 0 aliphatic heterocycles. The summed E-state index contributed by atoms with van der Waals surface area (Å²) in [6.07, 6.45) is 3.92. The molecular formula is C21H27N3O4. The number of aromatic hydroxyl groups is 1. The van der Waals surface area contributed by atoms with Crippen LogP contribution < -0.4 is 10.7 Å². The van der Waals surface area contributed by atoms with Gasteiger partial charge in [0.25, 0.3) is 5.91 Å². The third-order valence-electron chi connectivity index (χ3n) is 4.56. The molecule has 0 unspecified atom stereocenters. The highest BCUT2D eigenvalue weighted by atomic mass is 16.3. The highest BCUT2D eigenvalue weighted by Gasteiger charge is 2.19. The highest BCUT2D eigenvalue weighted by molar-refractivity contribution is 5.95. The molecule has 1 aromatic carbocycles. The molecular weight excluding hydrogens is 358 g/mol. The van der Waals surface area contributed by atoms with Crippen molar-refractivity contribution in [2.45, 2.75) is 32.9 Å².